The lowest BCUT2D eigenvalue weighted by Crippen LogP contribution is -2.45. The maximum Gasteiger partial charge on any atom is 0.0415 e. The fraction of sp³-hybridized carbons (Fsp3) is 0.333. The van der Waals surface area contributed by atoms with E-state index >= 15 is 0 Å². The normalized spacial score (nSPS) is 18.3. The molecule has 2 heteroatoms. The highest BCUT2D eigenvalue weighted by molar-refractivity contribution is 6.30. The summed E-state index contributed by atoms with van der Waals surface area (Å²) in [6.45, 7) is 0. The van der Waals surface area contributed by atoms with Crippen molar-refractivity contribution in [3.63, 3.8) is 0 Å². The Labute approximate surface area is 126 Å². The summed E-state index contributed by atoms with van der Waals surface area (Å²) in [6.07, 6.45) is 3.76. The number of rotatable bonds is 4. The quantitative estimate of drug-likeness (QED) is 0.857. The zero-order chi connectivity index (χ0) is 14.0. The highest BCUT2D eigenvalue weighted by Crippen LogP contribution is 2.52. The Hall–Kier alpha value is -1.31. The molecule has 2 aromatic carbocycles. The molecule has 0 radical (unpaired) electrons. The SMILES string of the molecule is CNC(c1ccccc1)C1(c2ccc(Cl)cc2)CCC1. The molecule has 0 amide bonds. The predicted octanol–water partition coefficient (Wildman–Crippen LogP) is 4.72. The maximum absolute atomic E-state index is 6.04. The molecule has 1 N–H and O–H groups in total. The van der Waals surface area contributed by atoms with Crippen molar-refractivity contribution >= 4 is 11.6 Å². The van der Waals surface area contributed by atoms with Gasteiger partial charge in [-0.15, -0.1) is 0 Å². The number of nitrogens with one attached hydrogen (secondary N) is 1. The molecule has 0 aliphatic heterocycles. The van der Waals surface area contributed by atoms with Crippen molar-refractivity contribution in [3.05, 3.63) is 70.7 Å². The molecule has 3 rings (SSSR count). The van der Waals surface area contributed by atoms with Gasteiger partial charge in [-0.1, -0.05) is 60.5 Å². The van der Waals surface area contributed by atoms with Gasteiger partial charge in [0.15, 0.2) is 0 Å². The lowest BCUT2D eigenvalue weighted by molar-refractivity contribution is 0.176. The third-order valence-corrected chi connectivity index (χ3v) is 4.89. The first-order chi connectivity index (χ1) is 9.76. The van der Waals surface area contributed by atoms with Crippen LogP contribution in [0.15, 0.2) is 54.6 Å². The average molecular weight is 286 g/mol. The molecule has 0 bridgehead atoms. The smallest absolute Gasteiger partial charge is 0.0415 e. The molecule has 0 saturated heterocycles. The summed E-state index contributed by atoms with van der Waals surface area (Å²) in [4.78, 5) is 0. The molecule has 104 valence electrons. The van der Waals surface area contributed by atoms with Crippen LogP contribution in [0.4, 0.5) is 0 Å². The van der Waals surface area contributed by atoms with Crippen LogP contribution in [0.1, 0.15) is 36.4 Å². The standard InChI is InChI=1S/C18H20ClN/c1-20-17(14-6-3-2-4-7-14)18(12-5-13-18)15-8-10-16(19)11-9-15/h2-4,6-11,17,20H,5,12-13H2,1H3. The van der Waals surface area contributed by atoms with E-state index in [1.54, 1.807) is 0 Å². The second-order valence-electron chi connectivity index (χ2n) is 5.65. The van der Waals surface area contributed by atoms with E-state index < -0.39 is 0 Å². The van der Waals surface area contributed by atoms with E-state index in [2.05, 4.69) is 54.8 Å². The molecule has 1 unspecified atom stereocenters. The van der Waals surface area contributed by atoms with Gasteiger partial charge < -0.3 is 5.32 Å². The van der Waals surface area contributed by atoms with Gasteiger partial charge in [-0.2, -0.15) is 0 Å². The van der Waals surface area contributed by atoms with Crippen LogP contribution in [0.25, 0.3) is 0 Å². The van der Waals surface area contributed by atoms with Crippen LogP contribution >= 0.6 is 11.6 Å². The van der Waals surface area contributed by atoms with Gasteiger partial charge in [0.05, 0.1) is 0 Å². The molecule has 20 heavy (non-hydrogen) atoms. The van der Waals surface area contributed by atoms with Gasteiger partial charge in [0.2, 0.25) is 0 Å². The van der Waals surface area contributed by atoms with Crippen LogP contribution in [0.2, 0.25) is 5.02 Å². The van der Waals surface area contributed by atoms with Crippen molar-refractivity contribution in [2.24, 2.45) is 0 Å². The van der Waals surface area contributed by atoms with Gasteiger partial charge in [-0.25, -0.2) is 0 Å². The number of hydrogen-bond donors (Lipinski definition) is 1. The van der Waals surface area contributed by atoms with Gasteiger partial charge in [-0.05, 0) is 43.1 Å². The van der Waals surface area contributed by atoms with Gasteiger partial charge in [0.1, 0.15) is 0 Å². The van der Waals surface area contributed by atoms with E-state index in [1.165, 1.54) is 30.4 Å². The summed E-state index contributed by atoms with van der Waals surface area (Å²) < 4.78 is 0. The number of benzene rings is 2. The van der Waals surface area contributed by atoms with E-state index in [9.17, 15) is 0 Å². The largest absolute Gasteiger partial charge is 0.312 e. The highest BCUT2D eigenvalue weighted by atomic mass is 35.5. The summed E-state index contributed by atoms with van der Waals surface area (Å²) in [6, 6.07) is 19.5. The van der Waals surface area contributed by atoms with Crippen molar-refractivity contribution in [2.75, 3.05) is 7.05 Å². The van der Waals surface area contributed by atoms with Crippen molar-refractivity contribution in [1.82, 2.24) is 5.32 Å². The molecule has 0 spiro atoms. The minimum atomic E-state index is 0.209. The second-order valence-corrected chi connectivity index (χ2v) is 6.09. The minimum Gasteiger partial charge on any atom is -0.312 e. The van der Waals surface area contributed by atoms with Gasteiger partial charge in [0, 0.05) is 16.5 Å². The van der Waals surface area contributed by atoms with E-state index in [0.29, 0.717) is 6.04 Å². The Morgan fingerprint density at radius 1 is 1.00 bits per heavy atom. The number of hydrogen-bond acceptors (Lipinski definition) is 1. The highest BCUT2D eigenvalue weighted by Gasteiger charge is 2.45. The van der Waals surface area contributed by atoms with E-state index in [0.717, 1.165) is 5.02 Å². The predicted molar refractivity (Wildman–Crippen MR) is 85.2 cm³/mol. The maximum atomic E-state index is 6.04. The van der Waals surface area contributed by atoms with E-state index in [1.807, 2.05) is 12.1 Å². The van der Waals surface area contributed by atoms with Gasteiger partial charge in [0.25, 0.3) is 0 Å². The lowest BCUT2D eigenvalue weighted by Gasteiger charge is -2.48. The Morgan fingerprint density at radius 3 is 2.15 bits per heavy atom. The zero-order valence-electron chi connectivity index (χ0n) is 11.8. The molecule has 1 aliphatic rings. The molecular weight excluding hydrogens is 266 g/mol. The first kappa shape index (κ1) is 13.7. The van der Waals surface area contributed by atoms with Crippen LogP contribution in [0, 0.1) is 0 Å². The number of likely N-dealkylation sites (N-methyl/N-ethyl adjacent to an activating group) is 1. The third kappa shape index (κ3) is 2.25. The molecular formula is C18H20ClN. The van der Waals surface area contributed by atoms with Gasteiger partial charge in [-0.3, -0.25) is 0 Å². The summed E-state index contributed by atoms with van der Waals surface area (Å²) in [5, 5.41) is 4.35. The molecule has 2 aromatic rings. The molecule has 1 saturated carbocycles. The fourth-order valence-electron chi connectivity index (χ4n) is 3.49. The first-order valence-corrected chi connectivity index (χ1v) is 7.62. The van der Waals surface area contributed by atoms with Crippen molar-refractivity contribution < 1.29 is 0 Å². The zero-order valence-corrected chi connectivity index (χ0v) is 12.5. The lowest BCUT2D eigenvalue weighted by atomic mass is 9.59. The van der Waals surface area contributed by atoms with Crippen LogP contribution in [0.3, 0.4) is 0 Å². The van der Waals surface area contributed by atoms with Gasteiger partial charge >= 0.3 is 0 Å². The topological polar surface area (TPSA) is 12.0 Å². The van der Waals surface area contributed by atoms with Crippen LogP contribution < -0.4 is 5.32 Å². The Kier molecular flexibility index (Phi) is 3.82. The molecule has 0 aromatic heterocycles. The Morgan fingerprint density at radius 2 is 1.65 bits per heavy atom. The Balaban J connectivity index is 2.01. The summed E-state index contributed by atoms with van der Waals surface area (Å²) in [7, 11) is 2.06. The second kappa shape index (κ2) is 5.59. The summed E-state index contributed by atoms with van der Waals surface area (Å²) in [5.74, 6) is 0. The first-order valence-electron chi connectivity index (χ1n) is 7.24. The molecule has 1 aliphatic carbocycles. The minimum absolute atomic E-state index is 0.209. The van der Waals surface area contributed by atoms with E-state index in [-0.39, 0.29) is 5.41 Å². The van der Waals surface area contributed by atoms with Crippen molar-refractivity contribution in [3.8, 4) is 0 Å². The monoisotopic (exact) mass is 285 g/mol. The van der Waals surface area contributed by atoms with Crippen LogP contribution in [-0.4, -0.2) is 7.05 Å². The molecule has 0 heterocycles. The fourth-order valence-corrected chi connectivity index (χ4v) is 3.62. The summed E-state index contributed by atoms with van der Waals surface area (Å²) >= 11 is 6.04. The average Bonchev–Trinajstić information content (AvgIpc) is 2.45. The number of halogens is 1. The van der Waals surface area contributed by atoms with Crippen LogP contribution in [0.5, 0.6) is 0 Å². The Bertz CT molecular complexity index is 558. The third-order valence-electron chi connectivity index (χ3n) is 4.64. The van der Waals surface area contributed by atoms with Crippen molar-refractivity contribution in [2.45, 2.75) is 30.7 Å². The molecule has 1 fully saturated rings. The van der Waals surface area contributed by atoms with Crippen LogP contribution in [-0.2, 0) is 5.41 Å². The van der Waals surface area contributed by atoms with Crippen molar-refractivity contribution in [1.29, 1.82) is 0 Å². The van der Waals surface area contributed by atoms with E-state index in [4.69, 9.17) is 11.6 Å². The molecule has 1 nitrogen and oxygen atoms in total. The summed E-state index contributed by atoms with van der Waals surface area (Å²) in [5.41, 5.74) is 2.97. The molecule has 1 atom stereocenters.